The van der Waals surface area contributed by atoms with Gasteiger partial charge in [-0.05, 0) is 64.3 Å². The predicted octanol–water partition coefficient (Wildman–Crippen LogP) is 6.30. The Morgan fingerprint density at radius 2 is 1.77 bits per heavy atom. The summed E-state index contributed by atoms with van der Waals surface area (Å²) in [5.41, 5.74) is 9.04. The molecule has 1 heterocycles. The summed E-state index contributed by atoms with van der Waals surface area (Å²) in [6.07, 6.45) is 7.97. The van der Waals surface area contributed by atoms with Gasteiger partial charge in [0.2, 0.25) is 0 Å². The van der Waals surface area contributed by atoms with Crippen LogP contribution in [0.25, 0.3) is 11.1 Å². The van der Waals surface area contributed by atoms with Gasteiger partial charge in [-0.3, -0.25) is 4.98 Å². The van der Waals surface area contributed by atoms with Gasteiger partial charge in [0.1, 0.15) is 0 Å². The van der Waals surface area contributed by atoms with Gasteiger partial charge in [-0.25, -0.2) is 0 Å². The normalized spacial score (nSPS) is 12.1. The Labute approximate surface area is 135 Å². The van der Waals surface area contributed by atoms with Crippen molar-refractivity contribution in [1.29, 1.82) is 0 Å². The Morgan fingerprint density at radius 1 is 1.14 bits per heavy atom. The number of hydrogen-bond acceptors (Lipinski definition) is 1. The molecule has 0 aliphatic heterocycles. The highest BCUT2D eigenvalue weighted by atomic mass is 14.7. The van der Waals surface area contributed by atoms with E-state index in [0.29, 0.717) is 0 Å². The van der Waals surface area contributed by atoms with Gasteiger partial charge in [-0.2, -0.15) is 0 Å². The first-order chi connectivity index (χ1) is 10.4. The molecular weight excluding hydrogens is 266 g/mol. The van der Waals surface area contributed by atoms with Crippen LogP contribution >= 0.6 is 0 Å². The Hall–Kier alpha value is -2.15. The number of aromatic nitrogens is 1. The molecule has 0 bridgehead atoms. The predicted molar refractivity (Wildman–Crippen MR) is 99.7 cm³/mol. The van der Waals surface area contributed by atoms with Crippen LogP contribution in [0.3, 0.4) is 0 Å². The number of allylic oxidation sites excluding steroid dienone is 8. The van der Waals surface area contributed by atoms with E-state index in [1.807, 2.05) is 33.0 Å². The molecular formula is C21H27N. The highest BCUT2D eigenvalue weighted by molar-refractivity contribution is 5.83. The van der Waals surface area contributed by atoms with Gasteiger partial charge < -0.3 is 0 Å². The zero-order chi connectivity index (χ0) is 16.9. The van der Waals surface area contributed by atoms with Gasteiger partial charge in [0.15, 0.2) is 0 Å². The van der Waals surface area contributed by atoms with Gasteiger partial charge in [0.05, 0.1) is 5.69 Å². The maximum atomic E-state index is 4.72. The molecule has 1 aromatic rings. The van der Waals surface area contributed by atoms with Crippen molar-refractivity contribution in [2.24, 2.45) is 0 Å². The third kappa shape index (κ3) is 3.73. The fraction of sp³-hybridized carbons (Fsp3) is 0.286. The van der Waals surface area contributed by atoms with Crippen LogP contribution in [0.2, 0.25) is 0 Å². The Balaban J connectivity index is 3.46. The standard InChI is InChI=1S/C21H27N/c1-9-17(10-2)19(11-3)21-16(8)12-18(13-22-21)20(14(4)5)15(6)7/h9-13H,1,4H2,2-3,5-8H3/b17-10+,19-11-. The molecule has 0 amide bonds. The SMILES string of the molecule is C=CC(=C\C)/C(=C/C)c1ncc(C(C(=C)C)=C(C)C)cc1C. The third-order valence-corrected chi connectivity index (χ3v) is 3.68. The Bertz CT molecular complexity index is 678. The van der Waals surface area contributed by atoms with E-state index in [2.05, 4.69) is 52.1 Å². The number of rotatable bonds is 5. The number of nitrogens with zero attached hydrogens (tertiary/aromatic N) is 1. The van der Waals surface area contributed by atoms with E-state index in [1.54, 1.807) is 0 Å². The molecule has 0 N–H and O–H groups in total. The van der Waals surface area contributed by atoms with Gasteiger partial charge in [0.25, 0.3) is 0 Å². The topological polar surface area (TPSA) is 12.9 Å². The second kappa shape index (κ2) is 7.74. The van der Waals surface area contributed by atoms with E-state index in [-0.39, 0.29) is 0 Å². The summed E-state index contributed by atoms with van der Waals surface area (Å²) in [5.74, 6) is 0. The first kappa shape index (κ1) is 17.9. The average molecular weight is 293 g/mol. The minimum atomic E-state index is 1.01. The molecule has 1 heteroatoms. The van der Waals surface area contributed by atoms with Crippen LogP contribution in [0.5, 0.6) is 0 Å². The van der Waals surface area contributed by atoms with E-state index >= 15 is 0 Å². The number of hydrogen-bond donors (Lipinski definition) is 0. The summed E-state index contributed by atoms with van der Waals surface area (Å²) >= 11 is 0. The number of pyridine rings is 1. The second-order valence-corrected chi connectivity index (χ2v) is 5.70. The zero-order valence-electron chi connectivity index (χ0n) is 14.7. The first-order valence-corrected chi connectivity index (χ1v) is 7.63. The quantitative estimate of drug-likeness (QED) is 0.581. The van der Waals surface area contributed by atoms with Crippen LogP contribution in [-0.2, 0) is 0 Å². The molecule has 0 radical (unpaired) electrons. The lowest BCUT2D eigenvalue weighted by Crippen LogP contribution is -1.99. The van der Waals surface area contributed by atoms with Crippen molar-refractivity contribution in [3.05, 3.63) is 77.2 Å². The van der Waals surface area contributed by atoms with E-state index in [1.165, 1.54) is 11.1 Å². The molecule has 0 spiro atoms. The summed E-state index contributed by atoms with van der Waals surface area (Å²) in [6.45, 7) is 20.4. The first-order valence-electron chi connectivity index (χ1n) is 7.63. The molecule has 0 aromatic carbocycles. The highest BCUT2D eigenvalue weighted by Crippen LogP contribution is 2.30. The van der Waals surface area contributed by atoms with Gasteiger partial charge in [-0.1, -0.05) is 42.5 Å². The molecule has 0 aliphatic rings. The maximum absolute atomic E-state index is 4.72. The van der Waals surface area contributed by atoms with Crippen LogP contribution in [0.4, 0.5) is 0 Å². The second-order valence-electron chi connectivity index (χ2n) is 5.70. The fourth-order valence-electron chi connectivity index (χ4n) is 2.78. The molecule has 0 fully saturated rings. The smallest absolute Gasteiger partial charge is 0.0734 e. The summed E-state index contributed by atoms with van der Waals surface area (Å²) < 4.78 is 0. The summed E-state index contributed by atoms with van der Waals surface area (Å²) in [4.78, 5) is 4.72. The maximum Gasteiger partial charge on any atom is 0.0734 e. The van der Waals surface area contributed by atoms with Crippen molar-refractivity contribution in [2.45, 2.75) is 41.5 Å². The lowest BCUT2D eigenvalue weighted by atomic mass is 9.93. The lowest BCUT2D eigenvalue weighted by Gasteiger charge is -2.15. The Kier molecular flexibility index (Phi) is 6.30. The molecule has 116 valence electrons. The molecule has 0 unspecified atom stereocenters. The Morgan fingerprint density at radius 3 is 2.14 bits per heavy atom. The lowest BCUT2D eigenvalue weighted by molar-refractivity contribution is 1.19. The van der Waals surface area contributed by atoms with Crippen molar-refractivity contribution in [1.82, 2.24) is 4.98 Å². The molecule has 1 nitrogen and oxygen atoms in total. The average Bonchev–Trinajstić information content (AvgIpc) is 2.45. The van der Waals surface area contributed by atoms with Crippen LogP contribution in [-0.4, -0.2) is 4.98 Å². The minimum Gasteiger partial charge on any atom is -0.255 e. The van der Waals surface area contributed by atoms with Gasteiger partial charge >= 0.3 is 0 Å². The molecule has 0 atom stereocenters. The largest absolute Gasteiger partial charge is 0.255 e. The van der Waals surface area contributed by atoms with Crippen molar-refractivity contribution < 1.29 is 0 Å². The molecule has 0 saturated carbocycles. The minimum absolute atomic E-state index is 1.01. The van der Waals surface area contributed by atoms with Crippen LogP contribution < -0.4 is 0 Å². The van der Waals surface area contributed by atoms with Crippen LogP contribution in [0.1, 0.15) is 51.4 Å². The van der Waals surface area contributed by atoms with Crippen LogP contribution in [0.15, 0.2) is 60.4 Å². The third-order valence-electron chi connectivity index (χ3n) is 3.68. The summed E-state index contributed by atoms with van der Waals surface area (Å²) in [7, 11) is 0. The van der Waals surface area contributed by atoms with E-state index in [9.17, 15) is 0 Å². The molecule has 22 heavy (non-hydrogen) atoms. The van der Waals surface area contributed by atoms with Gasteiger partial charge in [0, 0.05) is 17.3 Å². The van der Waals surface area contributed by atoms with Crippen molar-refractivity contribution in [3.63, 3.8) is 0 Å². The van der Waals surface area contributed by atoms with E-state index in [4.69, 9.17) is 4.98 Å². The van der Waals surface area contributed by atoms with Crippen LogP contribution in [0, 0.1) is 6.92 Å². The summed E-state index contributed by atoms with van der Waals surface area (Å²) in [6, 6.07) is 2.19. The van der Waals surface area contributed by atoms with E-state index < -0.39 is 0 Å². The summed E-state index contributed by atoms with van der Waals surface area (Å²) in [5, 5.41) is 0. The van der Waals surface area contributed by atoms with Crippen molar-refractivity contribution in [2.75, 3.05) is 0 Å². The molecule has 0 saturated heterocycles. The number of aryl methyl sites for hydroxylation is 1. The van der Waals surface area contributed by atoms with Crippen molar-refractivity contribution in [3.8, 4) is 0 Å². The molecule has 1 rings (SSSR count). The highest BCUT2D eigenvalue weighted by Gasteiger charge is 2.12. The molecule has 1 aromatic heterocycles. The molecule has 0 aliphatic carbocycles. The zero-order valence-corrected chi connectivity index (χ0v) is 14.7. The van der Waals surface area contributed by atoms with E-state index in [0.717, 1.165) is 33.5 Å². The monoisotopic (exact) mass is 293 g/mol. The van der Waals surface area contributed by atoms with Crippen molar-refractivity contribution >= 4 is 11.1 Å². The fourth-order valence-corrected chi connectivity index (χ4v) is 2.78. The van der Waals surface area contributed by atoms with Gasteiger partial charge in [-0.15, -0.1) is 0 Å².